The molecule has 79 heavy (non-hydrogen) atoms. The van der Waals surface area contributed by atoms with E-state index in [1.54, 1.807) is 0 Å². The first kappa shape index (κ1) is 75.3. The van der Waals surface area contributed by atoms with Crippen LogP contribution in [0.3, 0.4) is 0 Å². The van der Waals surface area contributed by atoms with Crippen LogP contribution in [0.4, 0.5) is 0 Å². The van der Waals surface area contributed by atoms with Crippen LogP contribution in [-0.2, 0) is 28.6 Å². The lowest BCUT2D eigenvalue weighted by molar-refractivity contribution is -0.167. The monoisotopic (exact) mass is 1100 g/mol. The van der Waals surface area contributed by atoms with Crippen LogP contribution in [0, 0.1) is 0 Å². The second-order valence-corrected chi connectivity index (χ2v) is 22.4. The maximum Gasteiger partial charge on any atom is 0.306 e. The zero-order valence-corrected chi connectivity index (χ0v) is 52.1. The van der Waals surface area contributed by atoms with Crippen LogP contribution in [-0.4, -0.2) is 37.2 Å². The van der Waals surface area contributed by atoms with Crippen LogP contribution < -0.4 is 0 Å². The Bertz CT molecular complexity index is 1540. The van der Waals surface area contributed by atoms with Crippen LogP contribution in [0.15, 0.2) is 97.2 Å². The molecule has 0 aromatic carbocycles. The number of rotatable bonds is 61. The molecule has 454 valence electrons. The molecule has 0 aromatic heterocycles. The van der Waals surface area contributed by atoms with E-state index in [-0.39, 0.29) is 37.5 Å². The van der Waals surface area contributed by atoms with Crippen molar-refractivity contribution in [1.82, 2.24) is 0 Å². The van der Waals surface area contributed by atoms with Gasteiger partial charge in [-0.3, -0.25) is 14.4 Å². The normalized spacial score (nSPS) is 12.7. The third kappa shape index (κ3) is 65.0. The lowest BCUT2D eigenvalue weighted by atomic mass is 10.0. The Kier molecular flexibility index (Phi) is 63.7. The summed E-state index contributed by atoms with van der Waals surface area (Å²) in [5.74, 6) is -0.962. The molecular weight excluding hydrogens is 973 g/mol. The largest absolute Gasteiger partial charge is 0.462 e. The molecule has 0 rings (SSSR count). The zero-order chi connectivity index (χ0) is 57.1. The number of hydrogen-bond acceptors (Lipinski definition) is 6. The highest BCUT2D eigenvalue weighted by Crippen LogP contribution is 2.18. The van der Waals surface area contributed by atoms with Crippen molar-refractivity contribution < 1.29 is 28.6 Å². The van der Waals surface area contributed by atoms with E-state index < -0.39 is 6.10 Å². The van der Waals surface area contributed by atoms with Gasteiger partial charge in [-0.2, -0.15) is 0 Å². The Morgan fingerprint density at radius 3 is 0.873 bits per heavy atom. The second kappa shape index (κ2) is 66.8. The van der Waals surface area contributed by atoms with Gasteiger partial charge in [-0.05, 0) is 89.9 Å². The van der Waals surface area contributed by atoms with E-state index in [0.29, 0.717) is 19.3 Å². The van der Waals surface area contributed by atoms with E-state index in [1.807, 2.05) is 0 Å². The molecule has 0 saturated heterocycles. The van der Waals surface area contributed by atoms with Crippen LogP contribution in [0.1, 0.15) is 329 Å². The Morgan fingerprint density at radius 2 is 0.532 bits per heavy atom. The molecule has 0 N–H and O–H groups in total. The number of esters is 3. The molecule has 0 aliphatic carbocycles. The fraction of sp³-hybridized carbons (Fsp3) is 0.740. The predicted molar refractivity (Wildman–Crippen MR) is 344 cm³/mol. The SMILES string of the molecule is CC/C=C\C/C=C\C/C=C\C/C=C\C/C=C\C/C=C\C/C=C\CCCC(=O)OC(COC(=O)CCCCCCC/C=C\CCC)COC(=O)CCCCCCCCCCCCCCCCCCCCCCCCCCCCCC. The van der Waals surface area contributed by atoms with E-state index in [4.69, 9.17) is 14.2 Å². The zero-order valence-electron chi connectivity index (χ0n) is 52.1. The Hall–Kier alpha value is -3.67. The van der Waals surface area contributed by atoms with Crippen LogP contribution in [0.2, 0.25) is 0 Å². The maximum absolute atomic E-state index is 12.9. The van der Waals surface area contributed by atoms with Crippen molar-refractivity contribution in [3.8, 4) is 0 Å². The predicted octanol–water partition coefficient (Wildman–Crippen LogP) is 23.2. The molecule has 0 spiro atoms. The smallest absolute Gasteiger partial charge is 0.306 e. The summed E-state index contributed by atoms with van der Waals surface area (Å²) in [4.78, 5) is 38.2. The average molecular weight is 1100 g/mol. The van der Waals surface area contributed by atoms with E-state index in [0.717, 1.165) is 109 Å². The molecule has 6 nitrogen and oxygen atoms in total. The van der Waals surface area contributed by atoms with Gasteiger partial charge in [0.05, 0.1) is 0 Å². The summed E-state index contributed by atoms with van der Waals surface area (Å²) < 4.78 is 16.8. The average Bonchev–Trinajstić information content (AvgIpc) is 3.45. The lowest BCUT2D eigenvalue weighted by Crippen LogP contribution is -2.30. The van der Waals surface area contributed by atoms with Gasteiger partial charge in [-0.25, -0.2) is 0 Å². The number of hydrogen-bond donors (Lipinski definition) is 0. The molecule has 1 atom stereocenters. The molecule has 0 aliphatic heterocycles. The molecule has 0 aromatic rings. The first-order chi connectivity index (χ1) is 39.0. The van der Waals surface area contributed by atoms with Gasteiger partial charge in [0, 0.05) is 19.3 Å². The number of ether oxygens (including phenoxy) is 3. The Labute approximate surface area is 489 Å². The van der Waals surface area contributed by atoms with Gasteiger partial charge in [0.25, 0.3) is 0 Å². The van der Waals surface area contributed by atoms with Crippen molar-refractivity contribution in [3.05, 3.63) is 97.2 Å². The highest BCUT2D eigenvalue weighted by Gasteiger charge is 2.19. The first-order valence-corrected chi connectivity index (χ1v) is 33.7. The van der Waals surface area contributed by atoms with Crippen molar-refractivity contribution in [2.45, 2.75) is 335 Å². The summed E-state index contributed by atoms with van der Waals surface area (Å²) in [5.41, 5.74) is 0. The quantitative estimate of drug-likeness (QED) is 0.0261. The topological polar surface area (TPSA) is 78.9 Å². The van der Waals surface area contributed by atoms with Gasteiger partial charge < -0.3 is 14.2 Å². The van der Waals surface area contributed by atoms with Crippen molar-refractivity contribution >= 4 is 17.9 Å². The number of allylic oxidation sites excluding steroid dienone is 16. The maximum atomic E-state index is 12.9. The summed E-state index contributed by atoms with van der Waals surface area (Å²) in [7, 11) is 0. The van der Waals surface area contributed by atoms with E-state index in [2.05, 4.69) is 118 Å². The Morgan fingerprint density at radius 1 is 0.266 bits per heavy atom. The third-order valence-corrected chi connectivity index (χ3v) is 14.6. The molecule has 0 radical (unpaired) electrons. The number of carbonyl (C=O) groups excluding carboxylic acids is 3. The van der Waals surface area contributed by atoms with E-state index >= 15 is 0 Å². The number of unbranched alkanes of at least 4 members (excludes halogenated alkanes) is 34. The molecule has 0 amide bonds. The summed E-state index contributed by atoms with van der Waals surface area (Å²) >= 11 is 0. The summed E-state index contributed by atoms with van der Waals surface area (Å²) in [6.07, 6.45) is 90.3. The van der Waals surface area contributed by atoms with Crippen molar-refractivity contribution in [3.63, 3.8) is 0 Å². The van der Waals surface area contributed by atoms with E-state index in [1.165, 1.54) is 173 Å². The summed E-state index contributed by atoms with van der Waals surface area (Å²) in [6.45, 7) is 6.44. The molecule has 0 heterocycles. The van der Waals surface area contributed by atoms with Crippen LogP contribution in [0.25, 0.3) is 0 Å². The fourth-order valence-electron chi connectivity index (χ4n) is 9.55. The van der Waals surface area contributed by atoms with Gasteiger partial charge in [0.1, 0.15) is 13.2 Å². The third-order valence-electron chi connectivity index (χ3n) is 14.6. The molecule has 6 heteroatoms. The Balaban J connectivity index is 4.26. The highest BCUT2D eigenvalue weighted by atomic mass is 16.6. The summed E-state index contributed by atoms with van der Waals surface area (Å²) in [6, 6.07) is 0. The molecular formula is C73H126O6. The fourth-order valence-corrected chi connectivity index (χ4v) is 9.55. The molecule has 0 saturated carbocycles. The standard InChI is InChI=1S/C73H126O6/c1-4-7-10-13-16-19-22-24-26-28-30-32-34-35-36-37-38-40-41-43-45-47-49-51-54-57-60-63-66-72(75)78-69-70(68-77-71(74)65-62-59-56-53-21-18-15-12-9-6-3)79-73(76)67-64-61-58-55-52-50-48-46-44-42-39-33-31-29-27-25-23-20-17-14-11-8-5-2/h8,11-12,15,17,20,25,27,31,33,42,44,48,50,55,58,70H,4-7,9-10,13-14,16,18-19,21-24,26,28-30,32,34-41,43,45-47,49,51-54,56-57,59-69H2,1-3H3/b11-8-,15-12-,20-17-,27-25-,33-31-,44-42-,50-48-,58-55-. The lowest BCUT2D eigenvalue weighted by Gasteiger charge is -2.18. The number of carbonyl (C=O) groups is 3. The first-order valence-electron chi connectivity index (χ1n) is 33.7. The van der Waals surface area contributed by atoms with Crippen molar-refractivity contribution in [2.24, 2.45) is 0 Å². The molecule has 1 unspecified atom stereocenters. The van der Waals surface area contributed by atoms with Crippen LogP contribution >= 0.6 is 0 Å². The molecule has 0 fully saturated rings. The van der Waals surface area contributed by atoms with Gasteiger partial charge in [-0.1, -0.05) is 317 Å². The van der Waals surface area contributed by atoms with Crippen LogP contribution in [0.5, 0.6) is 0 Å². The minimum absolute atomic E-state index is 0.101. The van der Waals surface area contributed by atoms with Gasteiger partial charge in [-0.15, -0.1) is 0 Å². The van der Waals surface area contributed by atoms with E-state index in [9.17, 15) is 14.4 Å². The van der Waals surface area contributed by atoms with Crippen molar-refractivity contribution in [1.29, 1.82) is 0 Å². The minimum atomic E-state index is -0.812. The van der Waals surface area contributed by atoms with Gasteiger partial charge >= 0.3 is 17.9 Å². The van der Waals surface area contributed by atoms with Gasteiger partial charge in [0.2, 0.25) is 0 Å². The molecule has 0 bridgehead atoms. The summed E-state index contributed by atoms with van der Waals surface area (Å²) in [5, 5.41) is 0. The second-order valence-electron chi connectivity index (χ2n) is 22.4. The molecule has 0 aliphatic rings. The highest BCUT2D eigenvalue weighted by molar-refractivity contribution is 5.71. The van der Waals surface area contributed by atoms with Crippen molar-refractivity contribution in [2.75, 3.05) is 13.2 Å². The minimum Gasteiger partial charge on any atom is -0.462 e. The van der Waals surface area contributed by atoms with Gasteiger partial charge in [0.15, 0.2) is 6.10 Å².